The van der Waals surface area contributed by atoms with Crippen molar-refractivity contribution in [1.82, 2.24) is 4.31 Å². The van der Waals surface area contributed by atoms with E-state index in [0.29, 0.717) is 29.2 Å². The molecule has 1 aromatic carbocycles. The average molecular weight is 310 g/mol. The number of anilines is 1. The number of piperidine rings is 1. The quantitative estimate of drug-likeness (QED) is 0.932. The standard InChI is InChI=1S/C15H22N2O3S/c1-11-7-8-14(12(2)15(11)16-13(3)18)21(19,20)17-9-5-4-6-10-17/h7-8H,4-6,9-10H2,1-3H3,(H,16,18). The van der Waals surface area contributed by atoms with Crippen molar-refractivity contribution in [3.05, 3.63) is 23.3 Å². The van der Waals surface area contributed by atoms with Gasteiger partial charge in [-0.3, -0.25) is 4.79 Å². The van der Waals surface area contributed by atoms with Crippen LogP contribution in [0.3, 0.4) is 0 Å². The Hall–Kier alpha value is -1.40. The van der Waals surface area contributed by atoms with Crippen LogP contribution in [0.5, 0.6) is 0 Å². The van der Waals surface area contributed by atoms with Gasteiger partial charge in [0.15, 0.2) is 0 Å². The van der Waals surface area contributed by atoms with Gasteiger partial charge in [0.2, 0.25) is 15.9 Å². The number of rotatable bonds is 3. The van der Waals surface area contributed by atoms with Crippen LogP contribution in [0.25, 0.3) is 0 Å². The second-order valence-electron chi connectivity index (χ2n) is 5.53. The Bertz CT molecular complexity index is 647. The first-order valence-corrected chi connectivity index (χ1v) is 8.66. The molecule has 6 heteroatoms. The maximum Gasteiger partial charge on any atom is 0.243 e. The second-order valence-corrected chi connectivity index (χ2v) is 7.43. The molecule has 0 unspecified atom stereocenters. The van der Waals surface area contributed by atoms with Crippen LogP contribution in [-0.2, 0) is 14.8 Å². The van der Waals surface area contributed by atoms with Gasteiger partial charge >= 0.3 is 0 Å². The molecule has 0 spiro atoms. The molecule has 116 valence electrons. The number of sulfonamides is 1. The fraction of sp³-hybridized carbons (Fsp3) is 0.533. The Kier molecular flexibility index (Phi) is 4.68. The highest BCUT2D eigenvalue weighted by atomic mass is 32.2. The summed E-state index contributed by atoms with van der Waals surface area (Å²) < 4.78 is 27.1. The van der Waals surface area contributed by atoms with E-state index < -0.39 is 10.0 Å². The molecule has 1 fully saturated rings. The second kappa shape index (κ2) is 6.15. The third-order valence-corrected chi connectivity index (χ3v) is 5.90. The summed E-state index contributed by atoms with van der Waals surface area (Å²) in [5, 5.41) is 2.73. The number of carbonyl (C=O) groups excluding carboxylic acids is 1. The highest BCUT2D eigenvalue weighted by molar-refractivity contribution is 7.89. The number of aryl methyl sites for hydroxylation is 1. The maximum atomic E-state index is 12.8. The molecule has 0 radical (unpaired) electrons. The summed E-state index contributed by atoms with van der Waals surface area (Å²) in [6.45, 7) is 6.17. The van der Waals surface area contributed by atoms with Crippen molar-refractivity contribution >= 4 is 21.6 Å². The normalized spacial score (nSPS) is 16.7. The monoisotopic (exact) mass is 310 g/mol. The SMILES string of the molecule is CC(=O)Nc1c(C)ccc(S(=O)(=O)N2CCCCC2)c1C. The molecule has 1 aliphatic heterocycles. The number of nitrogens with one attached hydrogen (secondary N) is 1. The predicted molar refractivity (Wildman–Crippen MR) is 82.8 cm³/mol. The number of hydrogen-bond acceptors (Lipinski definition) is 3. The van der Waals surface area contributed by atoms with Crippen LogP contribution in [0.2, 0.25) is 0 Å². The van der Waals surface area contributed by atoms with Gasteiger partial charge in [0.05, 0.1) is 4.90 Å². The number of benzene rings is 1. The summed E-state index contributed by atoms with van der Waals surface area (Å²) in [5.74, 6) is -0.200. The van der Waals surface area contributed by atoms with Crippen molar-refractivity contribution in [2.75, 3.05) is 18.4 Å². The van der Waals surface area contributed by atoms with Gasteiger partial charge in [-0.05, 0) is 43.9 Å². The van der Waals surface area contributed by atoms with Crippen LogP contribution in [-0.4, -0.2) is 31.7 Å². The lowest BCUT2D eigenvalue weighted by atomic mass is 10.1. The van der Waals surface area contributed by atoms with Crippen molar-refractivity contribution in [2.24, 2.45) is 0 Å². The molecule has 1 saturated heterocycles. The lowest BCUT2D eigenvalue weighted by Crippen LogP contribution is -2.36. The van der Waals surface area contributed by atoms with Crippen molar-refractivity contribution in [1.29, 1.82) is 0 Å². The molecular formula is C15H22N2O3S. The molecule has 1 amide bonds. The van der Waals surface area contributed by atoms with Gasteiger partial charge in [-0.2, -0.15) is 4.31 Å². The summed E-state index contributed by atoms with van der Waals surface area (Å²) in [6.07, 6.45) is 2.89. The third kappa shape index (κ3) is 3.27. The zero-order valence-electron chi connectivity index (χ0n) is 12.8. The molecule has 0 aromatic heterocycles. The molecule has 1 heterocycles. The maximum absolute atomic E-state index is 12.8. The minimum absolute atomic E-state index is 0.200. The van der Waals surface area contributed by atoms with Gasteiger partial charge in [0.1, 0.15) is 0 Å². The number of carbonyl (C=O) groups is 1. The van der Waals surface area contributed by atoms with E-state index in [2.05, 4.69) is 5.32 Å². The molecule has 21 heavy (non-hydrogen) atoms. The van der Waals surface area contributed by atoms with Gasteiger partial charge < -0.3 is 5.32 Å². The van der Waals surface area contributed by atoms with E-state index in [-0.39, 0.29) is 5.91 Å². The van der Waals surface area contributed by atoms with Crippen LogP contribution >= 0.6 is 0 Å². The van der Waals surface area contributed by atoms with Crippen LogP contribution < -0.4 is 5.32 Å². The fourth-order valence-electron chi connectivity index (χ4n) is 2.72. The summed E-state index contributed by atoms with van der Waals surface area (Å²) in [4.78, 5) is 11.6. The minimum Gasteiger partial charge on any atom is -0.326 e. The summed E-state index contributed by atoms with van der Waals surface area (Å²) in [5.41, 5.74) is 2.07. The number of nitrogens with zero attached hydrogens (tertiary/aromatic N) is 1. The zero-order chi connectivity index (χ0) is 15.6. The summed E-state index contributed by atoms with van der Waals surface area (Å²) in [7, 11) is -3.49. The first-order chi connectivity index (χ1) is 9.84. The van der Waals surface area contributed by atoms with Crippen LogP contribution in [0, 0.1) is 13.8 Å². The van der Waals surface area contributed by atoms with E-state index in [1.807, 2.05) is 6.92 Å². The Morgan fingerprint density at radius 2 is 1.76 bits per heavy atom. The lowest BCUT2D eigenvalue weighted by molar-refractivity contribution is -0.114. The number of hydrogen-bond donors (Lipinski definition) is 1. The molecule has 0 atom stereocenters. The van der Waals surface area contributed by atoms with Gasteiger partial charge in [-0.1, -0.05) is 12.5 Å². The van der Waals surface area contributed by atoms with E-state index >= 15 is 0 Å². The zero-order valence-corrected chi connectivity index (χ0v) is 13.6. The first-order valence-electron chi connectivity index (χ1n) is 7.22. The van der Waals surface area contributed by atoms with Crippen LogP contribution in [0.15, 0.2) is 17.0 Å². The van der Waals surface area contributed by atoms with Crippen LogP contribution in [0.4, 0.5) is 5.69 Å². The molecule has 2 rings (SSSR count). The summed E-state index contributed by atoms with van der Waals surface area (Å²) in [6, 6.07) is 3.38. The molecule has 1 N–H and O–H groups in total. The van der Waals surface area contributed by atoms with Gasteiger partial charge in [-0.15, -0.1) is 0 Å². The number of amides is 1. The molecule has 1 aromatic rings. The van der Waals surface area contributed by atoms with Gasteiger partial charge in [0.25, 0.3) is 0 Å². The van der Waals surface area contributed by atoms with E-state index in [4.69, 9.17) is 0 Å². The van der Waals surface area contributed by atoms with Crippen molar-refractivity contribution in [3.8, 4) is 0 Å². The van der Waals surface area contributed by atoms with E-state index in [0.717, 1.165) is 24.8 Å². The molecular weight excluding hydrogens is 288 g/mol. The van der Waals surface area contributed by atoms with E-state index in [1.54, 1.807) is 23.4 Å². The fourth-order valence-corrected chi connectivity index (χ4v) is 4.47. The molecule has 0 aliphatic carbocycles. The molecule has 0 bridgehead atoms. The van der Waals surface area contributed by atoms with Crippen molar-refractivity contribution in [2.45, 2.75) is 44.9 Å². The molecule has 5 nitrogen and oxygen atoms in total. The third-order valence-electron chi connectivity index (χ3n) is 3.86. The van der Waals surface area contributed by atoms with E-state index in [1.165, 1.54) is 6.92 Å². The predicted octanol–water partition coefficient (Wildman–Crippen LogP) is 2.44. The minimum atomic E-state index is -3.49. The molecule has 1 aliphatic rings. The lowest BCUT2D eigenvalue weighted by Gasteiger charge is -2.27. The first kappa shape index (κ1) is 16.0. The van der Waals surface area contributed by atoms with Gasteiger partial charge in [0, 0.05) is 25.7 Å². The van der Waals surface area contributed by atoms with E-state index in [9.17, 15) is 13.2 Å². The van der Waals surface area contributed by atoms with Crippen LogP contribution in [0.1, 0.15) is 37.3 Å². The largest absolute Gasteiger partial charge is 0.326 e. The Morgan fingerprint density at radius 1 is 1.14 bits per heavy atom. The highest BCUT2D eigenvalue weighted by Crippen LogP contribution is 2.30. The Balaban J connectivity index is 2.46. The Labute approximate surface area is 126 Å². The topological polar surface area (TPSA) is 66.5 Å². The smallest absolute Gasteiger partial charge is 0.243 e. The summed E-state index contributed by atoms with van der Waals surface area (Å²) >= 11 is 0. The van der Waals surface area contributed by atoms with Crippen molar-refractivity contribution < 1.29 is 13.2 Å². The molecule has 0 saturated carbocycles. The average Bonchev–Trinajstić information content (AvgIpc) is 2.44. The highest BCUT2D eigenvalue weighted by Gasteiger charge is 2.28. The van der Waals surface area contributed by atoms with Crippen molar-refractivity contribution in [3.63, 3.8) is 0 Å². The van der Waals surface area contributed by atoms with Gasteiger partial charge in [-0.25, -0.2) is 8.42 Å². The Morgan fingerprint density at radius 3 is 2.33 bits per heavy atom.